The first-order valence-electron chi connectivity index (χ1n) is 10.5. The Hall–Kier alpha value is -1.95. The van der Waals surface area contributed by atoms with Gasteiger partial charge in [0.15, 0.2) is 0 Å². The molecular weight excluding hydrogens is 359 g/mol. The smallest absolute Gasteiger partial charge is 0.317 e. The fourth-order valence-corrected chi connectivity index (χ4v) is 4.87. The van der Waals surface area contributed by atoms with E-state index in [1.165, 1.54) is 25.0 Å². The average molecular weight is 388 g/mol. The maximum atomic E-state index is 13.3. The zero-order chi connectivity index (χ0) is 19.7. The molecule has 0 aromatic heterocycles. The van der Waals surface area contributed by atoms with Crippen LogP contribution in [0.15, 0.2) is 24.3 Å². The summed E-state index contributed by atoms with van der Waals surface area (Å²) < 4.78 is 13.3. The van der Waals surface area contributed by atoms with Gasteiger partial charge in [0.1, 0.15) is 5.82 Å². The van der Waals surface area contributed by atoms with Gasteiger partial charge in [-0.1, -0.05) is 25.0 Å². The maximum Gasteiger partial charge on any atom is 0.317 e. The Bertz CT molecular complexity index is 720. The van der Waals surface area contributed by atoms with Crippen LogP contribution >= 0.6 is 0 Å². The summed E-state index contributed by atoms with van der Waals surface area (Å²) in [6.07, 6.45) is 7.63. The van der Waals surface area contributed by atoms with E-state index < -0.39 is 11.4 Å². The van der Waals surface area contributed by atoms with Crippen molar-refractivity contribution in [2.24, 2.45) is 5.92 Å². The van der Waals surface area contributed by atoms with Crippen LogP contribution in [0.1, 0.15) is 56.9 Å². The molecule has 6 heteroatoms. The van der Waals surface area contributed by atoms with Crippen molar-refractivity contribution >= 4 is 11.9 Å². The van der Waals surface area contributed by atoms with Gasteiger partial charge in [-0.15, -0.1) is 0 Å². The molecule has 3 aliphatic rings. The van der Waals surface area contributed by atoms with Crippen molar-refractivity contribution in [3.8, 4) is 0 Å². The first-order chi connectivity index (χ1) is 13.5. The first kappa shape index (κ1) is 19.4. The van der Waals surface area contributed by atoms with Crippen molar-refractivity contribution in [1.82, 2.24) is 10.2 Å². The number of nitrogens with one attached hydrogen (secondary N) is 1. The Morgan fingerprint density at radius 1 is 1.14 bits per heavy atom. The van der Waals surface area contributed by atoms with Crippen LogP contribution in [0.3, 0.4) is 0 Å². The number of hydrogen-bond acceptors (Lipinski definition) is 3. The molecule has 0 aliphatic heterocycles. The molecule has 3 saturated carbocycles. The van der Waals surface area contributed by atoms with Crippen molar-refractivity contribution in [3.05, 3.63) is 35.6 Å². The Labute approximate surface area is 165 Å². The number of amides is 1. The lowest BCUT2D eigenvalue weighted by molar-refractivity contribution is -0.140. The van der Waals surface area contributed by atoms with Gasteiger partial charge in [0.05, 0.1) is 12.0 Å². The molecule has 0 unspecified atom stereocenters. The van der Waals surface area contributed by atoms with Gasteiger partial charge in [-0.3, -0.25) is 14.5 Å². The number of carboxylic acids is 1. The van der Waals surface area contributed by atoms with Gasteiger partial charge < -0.3 is 10.4 Å². The summed E-state index contributed by atoms with van der Waals surface area (Å²) in [5.41, 5.74) is 0.356. The van der Waals surface area contributed by atoms with Crippen molar-refractivity contribution < 1.29 is 19.1 Å². The molecule has 0 radical (unpaired) electrons. The molecule has 0 atom stereocenters. The van der Waals surface area contributed by atoms with E-state index in [-0.39, 0.29) is 30.4 Å². The number of nitrogens with zero attached hydrogens (tertiary/aromatic N) is 1. The third-order valence-electron chi connectivity index (χ3n) is 6.78. The van der Waals surface area contributed by atoms with Crippen molar-refractivity contribution in [2.75, 3.05) is 13.1 Å². The largest absolute Gasteiger partial charge is 0.480 e. The second-order valence-electron chi connectivity index (χ2n) is 8.86. The topological polar surface area (TPSA) is 69.6 Å². The summed E-state index contributed by atoms with van der Waals surface area (Å²) >= 11 is 0. The molecule has 3 aliphatic carbocycles. The monoisotopic (exact) mass is 388 g/mol. The molecule has 1 amide bonds. The number of carboxylic acid groups (broad SMARTS) is 1. The van der Waals surface area contributed by atoms with Gasteiger partial charge in [-0.2, -0.15) is 0 Å². The van der Waals surface area contributed by atoms with Crippen LogP contribution in [0, 0.1) is 11.7 Å². The van der Waals surface area contributed by atoms with Gasteiger partial charge in [-0.25, -0.2) is 4.39 Å². The number of hydrogen-bond donors (Lipinski definition) is 2. The van der Waals surface area contributed by atoms with E-state index in [9.17, 15) is 19.1 Å². The second-order valence-corrected chi connectivity index (χ2v) is 8.86. The number of benzene rings is 1. The quantitative estimate of drug-likeness (QED) is 0.718. The normalized spacial score (nSPS) is 26.1. The fraction of sp³-hybridized carbons (Fsp3) is 0.636. The van der Waals surface area contributed by atoms with Crippen LogP contribution in [0.4, 0.5) is 4.39 Å². The molecule has 28 heavy (non-hydrogen) atoms. The summed E-state index contributed by atoms with van der Waals surface area (Å²) in [6, 6.07) is 6.70. The zero-order valence-corrected chi connectivity index (χ0v) is 16.2. The second kappa shape index (κ2) is 7.82. The Morgan fingerprint density at radius 3 is 2.36 bits per heavy atom. The van der Waals surface area contributed by atoms with Gasteiger partial charge in [0.2, 0.25) is 5.91 Å². The molecule has 152 valence electrons. The van der Waals surface area contributed by atoms with Crippen molar-refractivity contribution in [3.63, 3.8) is 0 Å². The Kier molecular flexibility index (Phi) is 5.41. The highest BCUT2D eigenvalue weighted by atomic mass is 19.1. The number of carbonyl (C=O) groups excluding carboxylic acids is 1. The summed E-state index contributed by atoms with van der Waals surface area (Å²) in [7, 11) is 0. The molecule has 0 heterocycles. The van der Waals surface area contributed by atoms with Gasteiger partial charge in [-0.05, 0) is 62.1 Å². The van der Waals surface area contributed by atoms with E-state index in [0.29, 0.717) is 5.92 Å². The molecule has 2 N–H and O–H groups in total. The predicted octanol–water partition coefficient (Wildman–Crippen LogP) is 3.08. The van der Waals surface area contributed by atoms with Crippen LogP contribution in [-0.2, 0) is 15.0 Å². The minimum atomic E-state index is -0.783. The molecule has 0 saturated heterocycles. The van der Waals surface area contributed by atoms with E-state index in [1.54, 1.807) is 12.1 Å². The number of halogens is 1. The third-order valence-corrected chi connectivity index (χ3v) is 6.78. The fourth-order valence-electron chi connectivity index (χ4n) is 4.87. The SMILES string of the molecule is O=C(O)CN(CC1CC1)C1CC(NC(=O)C2(c3ccc(F)cc3)CCCC2)C1. The van der Waals surface area contributed by atoms with E-state index in [4.69, 9.17) is 0 Å². The molecule has 1 aromatic rings. The highest BCUT2D eigenvalue weighted by molar-refractivity contribution is 5.89. The minimum Gasteiger partial charge on any atom is -0.480 e. The molecule has 0 bridgehead atoms. The van der Waals surface area contributed by atoms with E-state index in [1.807, 2.05) is 0 Å². The van der Waals surface area contributed by atoms with E-state index in [0.717, 1.165) is 50.6 Å². The lowest BCUT2D eigenvalue weighted by atomic mass is 9.76. The van der Waals surface area contributed by atoms with Crippen LogP contribution in [0.25, 0.3) is 0 Å². The van der Waals surface area contributed by atoms with E-state index >= 15 is 0 Å². The highest BCUT2D eigenvalue weighted by Crippen LogP contribution is 2.42. The van der Waals surface area contributed by atoms with Gasteiger partial charge in [0.25, 0.3) is 0 Å². The molecule has 4 rings (SSSR count). The van der Waals surface area contributed by atoms with Gasteiger partial charge in [0, 0.05) is 18.6 Å². The lowest BCUT2D eigenvalue weighted by Gasteiger charge is -2.44. The van der Waals surface area contributed by atoms with Crippen LogP contribution in [0.5, 0.6) is 0 Å². The summed E-state index contributed by atoms with van der Waals surface area (Å²) in [6.45, 7) is 0.943. The molecular formula is C22H29FN2O3. The number of rotatable bonds is 8. The minimum absolute atomic E-state index is 0.0482. The average Bonchev–Trinajstić information content (AvgIpc) is 3.29. The Balaban J connectivity index is 1.37. The van der Waals surface area contributed by atoms with Crippen LogP contribution in [-0.4, -0.2) is 47.1 Å². The first-order valence-corrected chi connectivity index (χ1v) is 10.5. The van der Waals surface area contributed by atoms with Crippen LogP contribution in [0.2, 0.25) is 0 Å². The highest BCUT2D eigenvalue weighted by Gasteiger charge is 2.45. The third kappa shape index (κ3) is 4.07. The molecule has 3 fully saturated rings. The zero-order valence-electron chi connectivity index (χ0n) is 16.2. The lowest BCUT2D eigenvalue weighted by Crippen LogP contribution is -2.57. The van der Waals surface area contributed by atoms with Crippen molar-refractivity contribution in [1.29, 1.82) is 0 Å². The summed E-state index contributed by atoms with van der Waals surface area (Å²) in [5, 5.41) is 12.4. The number of carbonyl (C=O) groups is 2. The summed E-state index contributed by atoms with van der Waals surface area (Å²) in [5.74, 6) is -0.372. The van der Waals surface area contributed by atoms with Crippen molar-refractivity contribution in [2.45, 2.75) is 68.9 Å². The number of aliphatic carboxylic acids is 1. The van der Waals surface area contributed by atoms with Crippen LogP contribution < -0.4 is 5.32 Å². The van der Waals surface area contributed by atoms with Gasteiger partial charge >= 0.3 is 5.97 Å². The summed E-state index contributed by atoms with van der Waals surface area (Å²) in [4.78, 5) is 26.4. The van der Waals surface area contributed by atoms with E-state index in [2.05, 4.69) is 10.2 Å². The molecule has 5 nitrogen and oxygen atoms in total. The molecule has 0 spiro atoms. The maximum absolute atomic E-state index is 13.3. The Morgan fingerprint density at radius 2 is 1.79 bits per heavy atom. The predicted molar refractivity (Wildman–Crippen MR) is 103 cm³/mol. The molecule has 1 aromatic carbocycles. The standard InChI is InChI=1S/C22H29FN2O3/c23-17-7-5-16(6-8-17)22(9-1-2-10-22)21(28)24-18-11-19(12-18)25(14-20(26)27)13-15-3-4-15/h5-8,15,18-19H,1-4,9-14H2,(H,24,28)(H,26,27).